The smallest absolute Gasteiger partial charge is 0.306 e. The van der Waals surface area contributed by atoms with Crippen LogP contribution in [0, 0.1) is 0 Å². The Labute approximate surface area is 105 Å². The van der Waals surface area contributed by atoms with E-state index in [1.54, 1.807) is 12.1 Å². The van der Waals surface area contributed by atoms with E-state index in [0.717, 1.165) is 5.56 Å². The van der Waals surface area contributed by atoms with E-state index in [4.69, 9.17) is 14.2 Å². The van der Waals surface area contributed by atoms with Crippen LogP contribution in [0.15, 0.2) is 12.1 Å². The molecule has 1 saturated heterocycles. The molecule has 5 heteroatoms. The number of phenols is 1. The lowest BCUT2D eigenvalue weighted by Crippen LogP contribution is -2.09. The summed E-state index contributed by atoms with van der Waals surface area (Å²) in [7, 11) is 2.94. The SMILES string of the molecule is COc1cc([C@@H]2CC(=O)O[C@@H]2C)cc(OC)c1O. The Balaban J connectivity index is 2.42. The Morgan fingerprint density at radius 1 is 1.28 bits per heavy atom. The molecule has 0 aliphatic carbocycles. The molecule has 0 bridgehead atoms. The molecule has 0 aromatic heterocycles. The van der Waals surface area contributed by atoms with Gasteiger partial charge in [-0.2, -0.15) is 0 Å². The molecular weight excluding hydrogens is 236 g/mol. The van der Waals surface area contributed by atoms with E-state index >= 15 is 0 Å². The zero-order valence-corrected chi connectivity index (χ0v) is 10.6. The maximum absolute atomic E-state index is 11.3. The van der Waals surface area contributed by atoms with Gasteiger partial charge in [0.15, 0.2) is 11.5 Å². The maximum Gasteiger partial charge on any atom is 0.306 e. The molecule has 2 rings (SSSR count). The number of phenolic OH excluding ortho intramolecular Hbond substituents is 1. The lowest BCUT2D eigenvalue weighted by atomic mass is 9.92. The van der Waals surface area contributed by atoms with Crippen molar-refractivity contribution in [3.05, 3.63) is 17.7 Å². The molecule has 0 amide bonds. The number of aromatic hydroxyl groups is 1. The molecule has 0 radical (unpaired) electrons. The molecule has 1 aromatic carbocycles. The number of benzene rings is 1. The number of esters is 1. The zero-order chi connectivity index (χ0) is 13.3. The minimum absolute atomic E-state index is 0.0401. The number of methoxy groups -OCH3 is 2. The molecule has 1 aromatic rings. The van der Waals surface area contributed by atoms with Gasteiger partial charge in [-0.05, 0) is 24.6 Å². The Morgan fingerprint density at radius 2 is 1.83 bits per heavy atom. The van der Waals surface area contributed by atoms with Crippen molar-refractivity contribution in [1.29, 1.82) is 0 Å². The Hall–Kier alpha value is -1.91. The van der Waals surface area contributed by atoms with E-state index in [0.29, 0.717) is 17.9 Å². The van der Waals surface area contributed by atoms with Crippen LogP contribution in [0.1, 0.15) is 24.8 Å². The van der Waals surface area contributed by atoms with Crippen LogP contribution in [-0.2, 0) is 9.53 Å². The van der Waals surface area contributed by atoms with Gasteiger partial charge >= 0.3 is 5.97 Å². The highest BCUT2D eigenvalue weighted by molar-refractivity contribution is 5.73. The zero-order valence-electron chi connectivity index (χ0n) is 10.6. The number of carbonyl (C=O) groups is 1. The second-order valence-electron chi connectivity index (χ2n) is 4.28. The molecule has 1 heterocycles. The van der Waals surface area contributed by atoms with E-state index in [9.17, 15) is 9.90 Å². The highest BCUT2D eigenvalue weighted by Gasteiger charge is 2.33. The van der Waals surface area contributed by atoms with E-state index in [1.165, 1.54) is 14.2 Å². The molecule has 98 valence electrons. The predicted molar refractivity (Wildman–Crippen MR) is 64.1 cm³/mol. The van der Waals surface area contributed by atoms with Crippen LogP contribution in [0.5, 0.6) is 17.2 Å². The largest absolute Gasteiger partial charge is 0.502 e. The second-order valence-corrected chi connectivity index (χ2v) is 4.28. The van der Waals surface area contributed by atoms with Crippen molar-refractivity contribution in [2.75, 3.05) is 14.2 Å². The monoisotopic (exact) mass is 252 g/mol. The fraction of sp³-hybridized carbons (Fsp3) is 0.462. The van der Waals surface area contributed by atoms with Gasteiger partial charge in [0.1, 0.15) is 6.10 Å². The van der Waals surface area contributed by atoms with Gasteiger partial charge < -0.3 is 19.3 Å². The second kappa shape index (κ2) is 4.76. The average molecular weight is 252 g/mol. The van der Waals surface area contributed by atoms with Crippen LogP contribution in [0.3, 0.4) is 0 Å². The van der Waals surface area contributed by atoms with Crippen molar-refractivity contribution in [2.24, 2.45) is 0 Å². The van der Waals surface area contributed by atoms with Crippen molar-refractivity contribution in [3.63, 3.8) is 0 Å². The van der Waals surface area contributed by atoms with Crippen molar-refractivity contribution in [2.45, 2.75) is 25.4 Å². The van der Waals surface area contributed by atoms with Crippen LogP contribution in [0.25, 0.3) is 0 Å². The first-order chi connectivity index (χ1) is 8.56. The molecular formula is C13H16O5. The van der Waals surface area contributed by atoms with E-state index < -0.39 is 0 Å². The van der Waals surface area contributed by atoms with Gasteiger partial charge in [0.25, 0.3) is 0 Å². The quantitative estimate of drug-likeness (QED) is 0.831. The molecule has 0 spiro atoms. The summed E-state index contributed by atoms with van der Waals surface area (Å²) in [5.74, 6) is 0.368. The predicted octanol–water partition coefficient (Wildman–Crippen LogP) is 1.83. The summed E-state index contributed by atoms with van der Waals surface area (Å²) in [6, 6.07) is 3.42. The van der Waals surface area contributed by atoms with Crippen LogP contribution < -0.4 is 9.47 Å². The van der Waals surface area contributed by atoms with Crippen LogP contribution in [0.4, 0.5) is 0 Å². The van der Waals surface area contributed by atoms with Crippen molar-refractivity contribution in [3.8, 4) is 17.2 Å². The number of cyclic esters (lactones) is 1. The molecule has 0 unspecified atom stereocenters. The summed E-state index contributed by atoms with van der Waals surface area (Å²) in [6.45, 7) is 1.85. The summed E-state index contributed by atoms with van der Waals surface area (Å²) in [6.07, 6.45) is 0.148. The van der Waals surface area contributed by atoms with Gasteiger partial charge in [-0.3, -0.25) is 4.79 Å². The minimum atomic E-state index is -0.210. The fourth-order valence-electron chi connectivity index (χ4n) is 2.20. The third-order valence-corrected chi connectivity index (χ3v) is 3.20. The third-order valence-electron chi connectivity index (χ3n) is 3.20. The Bertz CT molecular complexity index is 443. The lowest BCUT2D eigenvalue weighted by molar-refractivity contribution is -0.140. The molecule has 18 heavy (non-hydrogen) atoms. The number of carbonyl (C=O) groups excluding carboxylic acids is 1. The summed E-state index contributed by atoms with van der Waals surface area (Å²) >= 11 is 0. The first kappa shape index (κ1) is 12.5. The van der Waals surface area contributed by atoms with Crippen LogP contribution in [-0.4, -0.2) is 31.4 Å². The molecule has 0 saturated carbocycles. The van der Waals surface area contributed by atoms with Gasteiger partial charge in [0, 0.05) is 5.92 Å². The summed E-state index contributed by atoms with van der Waals surface area (Å²) < 4.78 is 15.3. The number of hydrogen-bond acceptors (Lipinski definition) is 5. The normalized spacial score (nSPS) is 22.7. The fourth-order valence-corrected chi connectivity index (χ4v) is 2.20. The van der Waals surface area contributed by atoms with E-state index in [2.05, 4.69) is 0 Å². The summed E-state index contributed by atoms with van der Waals surface area (Å²) in [5.41, 5.74) is 0.861. The first-order valence-electron chi connectivity index (χ1n) is 5.71. The Kier molecular flexibility index (Phi) is 3.32. The Morgan fingerprint density at radius 3 is 2.22 bits per heavy atom. The van der Waals surface area contributed by atoms with Gasteiger partial charge in [-0.15, -0.1) is 0 Å². The van der Waals surface area contributed by atoms with Gasteiger partial charge in [-0.1, -0.05) is 0 Å². The van der Waals surface area contributed by atoms with Crippen molar-refractivity contribution < 1.29 is 24.1 Å². The number of hydrogen-bond donors (Lipinski definition) is 1. The summed E-state index contributed by atoms with van der Waals surface area (Å²) in [4.78, 5) is 11.3. The maximum atomic E-state index is 11.3. The molecule has 1 N–H and O–H groups in total. The van der Waals surface area contributed by atoms with E-state index in [1.807, 2.05) is 6.92 Å². The summed E-state index contributed by atoms with van der Waals surface area (Å²) in [5, 5.41) is 9.83. The average Bonchev–Trinajstić information content (AvgIpc) is 2.69. The number of ether oxygens (including phenoxy) is 3. The van der Waals surface area contributed by atoms with Gasteiger partial charge in [0.05, 0.1) is 20.6 Å². The number of rotatable bonds is 3. The van der Waals surface area contributed by atoms with Crippen LogP contribution >= 0.6 is 0 Å². The highest BCUT2D eigenvalue weighted by atomic mass is 16.5. The van der Waals surface area contributed by atoms with Crippen LogP contribution in [0.2, 0.25) is 0 Å². The van der Waals surface area contributed by atoms with Gasteiger partial charge in [-0.25, -0.2) is 0 Å². The molecule has 1 aliphatic heterocycles. The van der Waals surface area contributed by atoms with Crippen molar-refractivity contribution in [1.82, 2.24) is 0 Å². The molecule has 5 nitrogen and oxygen atoms in total. The van der Waals surface area contributed by atoms with Crippen molar-refractivity contribution >= 4 is 5.97 Å². The minimum Gasteiger partial charge on any atom is -0.502 e. The highest BCUT2D eigenvalue weighted by Crippen LogP contribution is 2.42. The standard InChI is InChI=1S/C13H16O5/c1-7-9(6-12(14)18-7)8-4-10(16-2)13(15)11(5-8)17-3/h4-5,7,9,15H,6H2,1-3H3/t7-,9-/m1/s1. The third kappa shape index (κ3) is 2.08. The van der Waals surface area contributed by atoms with E-state index in [-0.39, 0.29) is 23.7 Å². The van der Waals surface area contributed by atoms with Gasteiger partial charge in [0.2, 0.25) is 5.75 Å². The topological polar surface area (TPSA) is 65.0 Å². The molecule has 1 fully saturated rings. The lowest BCUT2D eigenvalue weighted by Gasteiger charge is -2.16. The molecule has 1 aliphatic rings. The molecule has 2 atom stereocenters. The first-order valence-corrected chi connectivity index (χ1v) is 5.71.